The molecule has 3 rings (SSSR count). The Labute approximate surface area is 157 Å². The molecule has 0 saturated carbocycles. The number of carbonyl (C=O) groups is 2. The molecule has 0 aliphatic carbocycles. The second-order valence-electron chi connectivity index (χ2n) is 6.10. The Hall–Kier alpha value is -3.41. The minimum Gasteiger partial charge on any atom is -0.497 e. The molecule has 6 nitrogen and oxygen atoms in total. The van der Waals surface area contributed by atoms with Crippen LogP contribution in [0.5, 0.6) is 5.75 Å². The van der Waals surface area contributed by atoms with Crippen LogP contribution in [0.25, 0.3) is 10.9 Å². The summed E-state index contributed by atoms with van der Waals surface area (Å²) < 4.78 is 10.5. The summed E-state index contributed by atoms with van der Waals surface area (Å²) >= 11 is 0. The van der Waals surface area contributed by atoms with Crippen molar-refractivity contribution in [1.29, 1.82) is 0 Å². The molecule has 1 aromatic heterocycles. The number of aryl methyl sites for hydroxylation is 1. The zero-order valence-electron chi connectivity index (χ0n) is 15.4. The van der Waals surface area contributed by atoms with E-state index in [2.05, 4.69) is 10.3 Å². The highest BCUT2D eigenvalue weighted by Gasteiger charge is 2.21. The smallest absolute Gasteiger partial charge is 0.339 e. The van der Waals surface area contributed by atoms with Crippen LogP contribution in [0.1, 0.15) is 23.0 Å². The topological polar surface area (TPSA) is 77.5 Å². The molecule has 0 fully saturated rings. The lowest BCUT2D eigenvalue weighted by molar-refractivity contribution is -0.123. The van der Waals surface area contributed by atoms with E-state index in [1.165, 1.54) is 6.92 Å². The van der Waals surface area contributed by atoms with Crippen LogP contribution in [0.3, 0.4) is 0 Å². The maximum atomic E-state index is 12.6. The van der Waals surface area contributed by atoms with Gasteiger partial charge in [-0.1, -0.05) is 24.3 Å². The highest BCUT2D eigenvalue weighted by Crippen LogP contribution is 2.20. The van der Waals surface area contributed by atoms with Crippen molar-refractivity contribution in [3.63, 3.8) is 0 Å². The van der Waals surface area contributed by atoms with E-state index < -0.39 is 18.0 Å². The van der Waals surface area contributed by atoms with Crippen molar-refractivity contribution < 1.29 is 19.1 Å². The standard InChI is InChI=1S/C21H20N2O4/c1-13-11-18(17-9-4-5-10-19(17)22-13)21(25)27-14(2)20(24)23-15-7-6-8-16(12-15)26-3/h4-12,14H,1-3H3,(H,23,24)/t14-/m0/s1. The van der Waals surface area contributed by atoms with E-state index in [9.17, 15) is 9.59 Å². The molecule has 0 unspecified atom stereocenters. The van der Waals surface area contributed by atoms with Gasteiger partial charge in [-0.3, -0.25) is 9.78 Å². The summed E-state index contributed by atoms with van der Waals surface area (Å²) in [5.41, 5.74) is 2.36. The van der Waals surface area contributed by atoms with Crippen molar-refractivity contribution in [3.05, 3.63) is 65.9 Å². The number of methoxy groups -OCH3 is 1. The van der Waals surface area contributed by atoms with E-state index in [0.717, 1.165) is 0 Å². The van der Waals surface area contributed by atoms with Crippen LogP contribution in [-0.4, -0.2) is 30.1 Å². The van der Waals surface area contributed by atoms with Gasteiger partial charge in [0.2, 0.25) is 0 Å². The summed E-state index contributed by atoms with van der Waals surface area (Å²) in [6.45, 7) is 3.34. The Balaban J connectivity index is 1.74. The van der Waals surface area contributed by atoms with Gasteiger partial charge in [0.05, 0.1) is 18.2 Å². The third-order valence-electron chi connectivity index (χ3n) is 4.05. The molecule has 0 aliphatic rings. The second-order valence-corrected chi connectivity index (χ2v) is 6.10. The lowest BCUT2D eigenvalue weighted by atomic mass is 10.1. The summed E-state index contributed by atoms with van der Waals surface area (Å²) in [7, 11) is 1.55. The lowest BCUT2D eigenvalue weighted by Crippen LogP contribution is -2.30. The number of anilines is 1. The van der Waals surface area contributed by atoms with E-state index in [0.29, 0.717) is 33.6 Å². The Bertz CT molecular complexity index is 1000. The maximum absolute atomic E-state index is 12.6. The van der Waals surface area contributed by atoms with Crippen LogP contribution >= 0.6 is 0 Å². The second kappa shape index (κ2) is 7.86. The highest BCUT2D eigenvalue weighted by molar-refractivity contribution is 6.05. The molecule has 0 aliphatic heterocycles. The number of benzene rings is 2. The van der Waals surface area contributed by atoms with Crippen LogP contribution in [0.15, 0.2) is 54.6 Å². The summed E-state index contributed by atoms with van der Waals surface area (Å²) in [4.78, 5) is 29.4. The molecule has 138 valence electrons. The summed E-state index contributed by atoms with van der Waals surface area (Å²) in [6.07, 6.45) is -0.962. The number of aromatic nitrogens is 1. The number of esters is 1. The number of ether oxygens (including phenoxy) is 2. The lowest BCUT2D eigenvalue weighted by Gasteiger charge is -2.15. The molecule has 0 bridgehead atoms. The number of hydrogen-bond donors (Lipinski definition) is 1. The van der Waals surface area contributed by atoms with Crippen molar-refractivity contribution in [1.82, 2.24) is 4.98 Å². The molecule has 2 aromatic carbocycles. The van der Waals surface area contributed by atoms with Crippen molar-refractivity contribution >= 4 is 28.5 Å². The quantitative estimate of drug-likeness (QED) is 0.698. The first-order chi connectivity index (χ1) is 13.0. The fourth-order valence-electron chi connectivity index (χ4n) is 2.70. The van der Waals surface area contributed by atoms with Gasteiger partial charge >= 0.3 is 5.97 Å². The predicted octanol–water partition coefficient (Wildman–Crippen LogP) is 3.74. The molecule has 0 saturated heterocycles. The molecular weight excluding hydrogens is 344 g/mol. The average Bonchev–Trinajstić information content (AvgIpc) is 2.67. The van der Waals surface area contributed by atoms with E-state index in [1.54, 1.807) is 43.5 Å². The number of hydrogen-bond acceptors (Lipinski definition) is 5. The minimum absolute atomic E-state index is 0.388. The fraction of sp³-hybridized carbons (Fsp3) is 0.190. The Kier molecular flexibility index (Phi) is 5.35. The van der Waals surface area contributed by atoms with Crippen LogP contribution in [-0.2, 0) is 9.53 Å². The fourth-order valence-corrected chi connectivity index (χ4v) is 2.70. The van der Waals surface area contributed by atoms with Gasteiger partial charge in [-0.25, -0.2) is 4.79 Å². The minimum atomic E-state index is -0.962. The Morgan fingerprint density at radius 1 is 1.07 bits per heavy atom. The monoisotopic (exact) mass is 364 g/mol. The zero-order chi connectivity index (χ0) is 19.4. The first-order valence-electron chi connectivity index (χ1n) is 8.50. The number of amides is 1. The van der Waals surface area contributed by atoms with E-state index in [-0.39, 0.29) is 0 Å². The van der Waals surface area contributed by atoms with Crippen molar-refractivity contribution in [2.45, 2.75) is 20.0 Å². The maximum Gasteiger partial charge on any atom is 0.339 e. The summed E-state index contributed by atoms with van der Waals surface area (Å²) in [5, 5.41) is 3.40. The van der Waals surface area contributed by atoms with E-state index >= 15 is 0 Å². The highest BCUT2D eigenvalue weighted by atomic mass is 16.5. The number of rotatable bonds is 5. The zero-order valence-corrected chi connectivity index (χ0v) is 15.4. The van der Waals surface area contributed by atoms with Gasteiger partial charge in [0.25, 0.3) is 5.91 Å². The molecule has 1 heterocycles. The predicted molar refractivity (Wildman–Crippen MR) is 103 cm³/mol. The van der Waals surface area contributed by atoms with E-state index in [1.807, 2.05) is 25.1 Å². The van der Waals surface area contributed by atoms with Gasteiger partial charge in [0, 0.05) is 22.8 Å². The van der Waals surface area contributed by atoms with Gasteiger partial charge in [-0.05, 0) is 38.1 Å². The molecule has 3 aromatic rings. The first kappa shape index (κ1) is 18.4. The number of pyridine rings is 1. The molecule has 1 atom stereocenters. The molecule has 1 N–H and O–H groups in total. The SMILES string of the molecule is COc1cccc(NC(=O)[C@H](C)OC(=O)c2cc(C)nc3ccccc23)c1. The summed E-state index contributed by atoms with van der Waals surface area (Å²) in [6, 6.07) is 15.9. The van der Waals surface area contributed by atoms with Gasteiger partial charge in [-0.2, -0.15) is 0 Å². The number of para-hydroxylation sites is 1. The van der Waals surface area contributed by atoms with Crippen LogP contribution in [0.4, 0.5) is 5.69 Å². The van der Waals surface area contributed by atoms with Crippen LogP contribution in [0.2, 0.25) is 0 Å². The van der Waals surface area contributed by atoms with Crippen molar-refractivity contribution in [2.75, 3.05) is 12.4 Å². The molecule has 27 heavy (non-hydrogen) atoms. The van der Waals surface area contributed by atoms with Gasteiger partial charge < -0.3 is 14.8 Å². The molecular formula is C21H20N2O4. The third kappa shape index (κ3) is 4.23. The van der Waals surface area contributed by atoms with Gasteiger partial charge in [0.1, 0.15) is 5.75 Å². The van der Waals surface area contributed by atoms with Gasteiger partial charge in [-0.15, -0.1) is 0 Å². The molecule has 1 amide bonds. The molecule has 0 radical (unpaired) electrons. The number of nitrogens with zero attached hydrogens (tertiary/aromatic N) is 1. The Morgan fingerprint density at radius 3 is 2.63 bits per heavy atom. The molecule has 0 spiro atoms. The van der Waals surface area contributed by atoms with Crippen molar-refractivity contribution in [3.8, 4) is 5.75 Å². The normalized spacial score (nSPS) is 11.7. The van der Waals surface area contributed by atoms with Crippen LogP contribution < -0.4 is 10.1 Å². The van der Waals surface area contributed by atoms with E-state index in [4.69, 9.17) is 9.47 Å². The van der Waals surface area contributed by atoms with Crippen LogP contribution in [0, 0.1) is 6.92 Å². The largest absolute Gasteiger partial charge is 0.497 e. The summed E-state index contributed by atoms with van der Waals surface area (Å²) in [5.74, 6) is -0.368. The first-order valence-corrected chi connectivity index (χ1v) is 8.50. The number of nitrogens with one attached hydrogen (secondary N) is 1. The number of carbonyl (C=O) groups excluding carboxylic acids is 2. The van der Waals surface area contributed by atoms with Crippen molar-refractivity contribution in [2.24, 2.45) is 0 Å². The van der Waals surface area contributed by atoms with Gasteiger partial charge in [0.15, 0.2) is 6.10 Å². The molecule has 6 heteroatoms. The average molecular weight is 364 g/mol. The third-order valence-corrected chi connectivity index (χ3v) is 4.05. The number of fused-ring (bicyclic) bond motifs is 1. The Morgan fingerprint density at radius 2 is 1.85 bits per heavy atom.